The van der Waals surface area contributed by atoms with Crippen molar-refractivity contribution in [3.8, 4) is 0 Å². The van der Waals surface area contributed by atoms with Crippen LogP contribution in [-0.4, -0.2) is 0 Å². The Hall–Kier alpha value is -0.940. The molecule has 0 aliphatic carbocycles. The van der Waals surface area contributed by atoms with Crippen molar-refractivity contribution >= 4 is 37.5 Å². The van der Waals surface area contributed by atoms with E-state index in [4.69, 9.17) is 0 Å². The molecule has 0 atom stereocenters. The van der Waals surface area contributed by atoms with Crippen LogP contribution < -0.4 is 5.32 Å². The third kappa shape index (κ3) is 3.34. The predicted molar refractivity (Wildman–Crippen MR) is 80.3 cm³/mol. The van der Waals surface area contributed by atoms with Gasteiger partial charge in [0.05, 0.1) is 4.47 Å². The molecule has 19 heavy (non-hydrogen) atoms. The summed E-state index contributed by atoms with van der Waals surface area (Å²) in [6.45, 7) is 2.04. The Bertz CT molecular complexity index is 615. The number of nitrogens with one attached hydrogen (secondary N) is 1. The number of anilines is 1. The van der Waals surface area contributed by atoms with Gasteiger partial charge in [0.1, 0.15) is 11.6 Å². The van der Waals surface area contributed by atoms with E-state index in [-0.39, 0.29) is 16.6 Å². The normalized spacial score (nSPS) is 10.6. The Labute approximate surface area is 127 Å². The lowest BCUT2D eigenvalue weighted by Crippen LogP contribution is -2.05. The third-order valence-corrected chi connectivity index (χ3v) is 4.02. The molecule has 0 aliphatic rings. The molecule has 2 aromatic rings. The fourth-order valence-electron chi connectivity index (χ4n) is 1.69. The van der Waals surface area contributed by atoms with Crippen molar-refractivity contribution in [1.29, 1.82) is 0 Å². The van der Waals surface area contributed by atoms with Gasteiger partial charge in [0.25, 0.3) is 0 Å². The number of aryl methyl sites for hydroxylation is 1. The molecule has 5 heteroatoms. The third-order valence-electron chi connectivity index (χ3n) is 2.72. The highest BCUT2D eigenvalue weighted by Gasteiger charge is 2.12. The summed E-state index contributed by atoms with van der Waals surface area (Å²) >= 11 is 6.45. The molecule has 100 valence electrons. The van der Waals surface area contributed by atoms with E-state index in [0.29, 0.717) is 0 Å². The monoisotopic (exact) mass is 389 g/mol. The standard InChI is InChI=1S/C14H11Br2F2N/c1-8-2-3-10(15)13(6-8)19-7-9-12(17)5-4-11(16)14(9)18/h2-6,19H,7H2,1H3. The first kappa shape index (κ1) is 14.5. The van der Waals surface area contributed by atoms with Gasteiger partial charge in [-0.05, 0) is 68.6 Å². The minimum atomic E-state index is -0.573. The lowest BCUT2D eigenvalue weighted by Gasteiger charge is -2.11. The maximum Gasteiger partial charge on any atom is 0.145 e. The van der Waals surface area contributed by atoms with Crippen LogP contribution in [0, 0.1) is 18.6 Å². The number of hydrogen-bond acceptors (Lipinski definition) is 1. The maximum absolute atomic E-state index is 13.8. The first-order valence-electron chi connectivity index (χ1n) is 5.61. The van der Waals surface area contributed by atoms with Crippen LogP contribution in [0.2, 0.25) is 0 Å². The summed E-state index contributed by atoms with van der Waals surface area (Å²) < 4.78 is 28.5. The number of rotatable bonds is 3. The molecule has 0 aliphatic heterocycles. The molecule has 1 N–H and O–H groups in total. The quantitative estimate of drug-likeness (QED) is 0.691. The zero-order chi connectivity index (χ0) is 14.0. The molecule has 0 spiro atoms. The van der Waals surface area contributed by atoms with Gasteiger partial charge in [0.2, 0.25) is 0 Å². The van der Waals surface area contributed by atoms with Gasteiger partial charge in [-0.25, -0.2) is 8.78 Å². The smallest absolute Gasteiger partial charge is 0.145 e. The largest absolute Gasteiger partial charge is 0.380 e. The fourth-order valence-corrected chi connectivity index (χ4v) is 2.45. The van der Waals surface area contributed by atoms with E-state index < -0.39 is 11.6 Å². The number of benzene rings is 2. The molecular formula is C14H11Br2F2N. The Morgan fingerprint density at radius 2 is 1.74 bits per heavy atom. The van der Waals surface area contributed by atoms with Gasteiger partial charge in [-0.15, -0.1) is 0 Å². The van der Waals surface area contributed by atoms with E-state index in [1.165, 1.54) is 12.1 Å². The molecule has 0 bridgehead atoms. The van der Waals surface area contributed by atoms with Crippen LogP contribution in [0.3, 0.4) is 0 Å². The first-order chi connectivity index (χ1) is 8.99. The van der Waals surface area contributed by atoms with Gasteiger partial charge in [-0.3, -0.25) is 0 Å². The van der Waals surface area contributed by atoms with Crippen molar-refractivity contribution in [3.63, 3.8) is 0 Å². The Balaban J connectivity index is 2.24. The van der Waals surface area contributed by atoms with E-state index in [1.807, 2.05) is 25.1 Å². The molecule has 2 aromatic carbocycles. The van der Waals surface area contributed by atoms with Gasteiger partial charge >= 0.3 is 0 Å². The lowest BCUT2D eigenvalue weighted by molar-refractivity contribution is 0.555. The molecule has 1 nitrogen and oxygen atoms in total. The first-order valence-corrected chi connectivity index (χ1v) is 7.20. The van der Waals surface area contributed by atoms with E-state index in [2.05, 4.69) is 37.2 Å². The molecule has 0 radical (unpaired) electrons. The van der Waals surface area contributed by atoms with Gasteiger partial charge in [0.15, 0.2) is 0 Å². The summed E-state index contributed by atoms with van der Waals surface area (Å²) in [4.78, 5) is 0. The molecule has 0 heterocycles. The molecular weight excluding hydrogens is 380 g/mol. The van der Waals surface area contributed by atoms with E-state index in [9.17, 15) is 8.78 Å². The van der Waals surface area contributed by atoms with Gasteiger partial charge < -0.3 is 5.32 Å². The highest BCUT2D eigenvalue weighted by molar-refractivity contribution is 9.10. The second kappa shape index (κ2) is 6.01. The van der Waals surface area contributed by atoms with Crippen molar-refractivity contribution in [2.45, 2.75) is 13.5 Å². The van der Waals surface area contributed by atoms with E-state index >= 15 is 0 Å². The maximum atomic E-state index is 13.8. The second-order valence-electron chi connectivity index (χ2n) is 4.16. The Morgan fingerprint density at radius 3 is 2.47 bits per heavy atom. The summed E-state index contributed by atoms with van der Waals surface area (Å²) in [5.74, 6) is -1.13. The van der Waals surface area contributed by atoms with Crippen LogP contribution in [-0.2, 0) is 6.54 Å². The molecule has 0 saturated heterocycles. The summed E-state index contributed by atoms with van der Waals surface area (Å²) in [5, 5.41) is 3.03. The van der Waals surface area contributed by atoms with Crippen LogP contribution in [0.25, 0.3) is 0 Å². The fraction of sp³-hybridized carbons (Fsp3) is 0.143. The van der Waals surface area contributed by atoms with Crippen molar-refractivity contribution < 1.29 is 8.78 Å². The summed E-state index contributed by atoms with van der Waals surface area (Å²) in [5.41, 5.74) is 1.89. The molecule has 0 aromatic heterocycles. The average molecular weight is 391 g/mol. The van der Waals surface area contributed by atoms with Crippen LogP contribution >= 0.6 is 31.9 Å². The Kier molecular flexibility index (Phi) is 4.58. The van der Waals surface area contributed by atoms with Crippen LogP contribution in [0.1, 0.15) is 11.1 Å². The van der Waals surface area contributed by atoms with Crippen molar-refractivity contribution in [2.24, 2.45) is 0 Å². The topological polar surface area (TPSA) is 12.0 Å². The minimum absolute atomic E-state index is 0.0165. The summed E-state index contributed by atoms with van der Waals surface area (Å²) in [6.07, 6.45) is 0. The SMILES string of the molecule is Cc1ccc(Br)c(NCc2c(F)ccc(Br)c2F)c1. The zero-order valence-corrected chi connectivity index (χ0v) is 13.3. The van der Waals surface area contributed by atoms with Gasteiger partial charge in [0, 0.05) is 22.3 Å². The average Bonchev–Trinajstić information content (AvgIpc) is 2.38. The predicted octanol–water partition coefficient (Wildman–Crippen LogP) is 5.41. The van der Waals surface area contributed by atoms with Crippen LogP contribution in [0.15, 0.2) is 39.3 Å². The van der Waals surface area contributed by atoms with Crippen LogP contribution in [0.5, 0.6) is 0 Å². The minimum Gasteiger partial charge on any atom is -0.380 e. The van der Waals surface area contributed by atoms with E-state index in [0.717, 1.165) is 15.7 Å². The Morgan fingerprint density at radius 1 is 1.05 bits per heavy atom. The second-order valence-corrected chi connectivity index (χ2v) is 5.87. The van der Waals surface area contributed by atoms with Gasteiger partial charge in [-0.2, -0.15) is 0 Å². The molecule has 2 rings (SSSR count). The van der Waals surface area contributed by atoms with E-state index in [1.54, 1.807) is 0 Å². The number of halogens is 4. The molecule has 0 unspecified atom stereocenters. The van der Waals surface area contributed by atoms with Crippen LogP contribution in [0.4, 0.5) is 14.5 Å². The van der Waals surface area contributed by atoms with Gasteiger partial charge in [-0.1, -0.05) is 6.07 Å². The number of hydrogen-bond donors (Lipinski definition) is 1. The van der Waals surface area contributed by atoms with Crippen molar-refractivity contribution in [3.05, 3.63) is 62.0 Å². The molecule has 0 saturated carbocycles. The molecule has 0 amide bonds. The van der Waals surface area contributed by atoms with Crippen molar-refractivity contribution in [2.75, 3.05) is 5.32 Å². The summed E-state index contributed by atoms with van der Waals surface area (Å²) in [7, 11) is 0. The molecule has 0 fully saturated rings. The highest BCUT2D eigenvalue weighted by atomic mass is 79.9. The summed E-state index contributed by atoms with van der Waals surface area (Å²) in [6, 6.07) is 8.37. The van der Waals surface area contributed by atoms with Crippen molar-refractivity contribution in [1.82, 2.24) is 0 Å². The highest BCUT2D eigenvalue weighted by Crippen LogP contribution is 2.26. The lowest BCUT2D eigenvalue weighted by atomic mass is 10.2. The zero-order valence-electron chi connectivity index (χ0n) is 10.1.